The fraction of sp³-hybridized carbons (Fsp3) is 0.333. The molecule has 1 N–H and O–H groups in total. The second-order valence-electron chi connectivity index (χ2n) is 6.67. The fourth-order valence-corrected chi connectivity index (χ4v) is 3.23. The highest BCUT2D eigenvalue weighted by Gasteiger charge is 2.21. The van der Waals surface area contributed by atoms with Crippen LogP contribution in [0.3, 0.4) is 0 Å². The summed E-state index contributed by atoms with van der Waals surface area (Å²) in [6.45, 7) is 3.54. The van der Waals surface area contributed by atoms with Gasteiger partial charge in [0.25, 0.3) is 5.91 Å². The molecule has 2 aromatic rings. The van der Waals surface area contributed by atoms with Crippen LogP contribution in [0.25, 0.3) is 0 Å². The van der Waals surface area contributed by atoms with Crippen LogP contribution in [0.15, 0.2) is 42.5 Å². The summed E-state index contributed by atoms with van der Waals surface area (Å²) in [5, 5.41) is 2.95. The summed E-state index contributed by atoms with van der Waals surface area (Å²) in [5.74, 6) is -0.252. The molecule has 0 spiro atoms. The highest BCUT2D eigenvalue weighted by molar-refractivity contribution is 6.08. The normalized spacial score (nSPS) is 14.5. The molecule has 0 unspecified atom stereocenters. The number of ether oxygens (including phenoxy) is 2. The molecule has 7 nitrogen and oxygen atoms in total. The molecule has 1 aliphatic rings. The molecule has 28 heavy (non-hydrogen) atoms. The average Bonchev–Trinajstić information content (AvgIpc) is 2.73. The van der Waals surface area contributed by atoms with E-state index in [9.17, 15) is 9.59 Å². The lowest BCUT2D eigenvalue weighted by Crippen LogP contribution is -2.44. The standard InChI is InChI=1S/C21H25N3O4/c1-23-10-12-24(13-11-23)18-9-8-15(21(26)28-3)14-17(18)22-20(25)16-6-4-5-7-19(16)27-2/h4-9,14H,10-13H2,1-3H3,(H,22,25). The van der Waals surface area contributed by atoms with Crippen molar-refractivity contribution in [3.8, 4) is 5.75 Å². The van der Waals surface area contributed by atoms with Crippen molar-refractivity contribution in [3.05, 3.63) is 53.6 Å². The van der Waals surface area contributed by atoms with Gasteiger partial charge < -0.3 is 24.6 Å². The number of nitrogens with zero attached hydrogens (tertiary/aromatic N) is 2. The number of hydrogen-bond donors (Lipinski definition) is 1. The Hall–Kier alpha value is -3.06. The van der Waals surface area contributed by atoms with Gasteiger partial charge in [-0.2, -0.15) is 0 Å². The molecule has 0 aromatic heterocycles. The first kappa shape index (κ1) is 19.7. The Balaban J connectivity index is 1.94. The molecule has 1 fully saturated rings. The molecule has 1 saturated heterocycles. The Morgan fingerprint density at radius 3 is 2.39 bits per heavy atom. The third-order valence-corrected chi connectivity index (χ3v) is 4.86. The molecular formula is C21H25N3O4. The summed E-state index contributed by atoms with van der Waals surface area (Å²) in [4.78, 5) is 29.3. The second kappa shape index (κ2) is 8.75. The lowest BCUT2D eigenvalue weighted by Gasteiger charge is -2.35. The van der Waals surface area contributed by atoms with Crippen molar-refractivity contribution in [2.24, 2.45) is 0 Å². The number of hydrogen-bond acceptors (Lipinski definition) is 6. The number of carbonyl (C=O) groups excluding carboxylic acids is 2. The smallest absolute Gasteiger partial charge is 0.337 e. The maximum atomic E-state index is 12.9. The van der Waals surface area contributed by atoms with Crippen molar-refractivity contribution < 1.29 is 19.1 Å². The predicted molar refractivity (Wildman–Crippen MR) is 108 cm³/mol. The molecule has 3 rings (SSSR count). The Morgan fingerprint density at radius 2 is 1.71 bits per heavy atom. The van der Waals surface area contributed by atoms with E-state index in [1.165, 1.54) is 14.2 Å². The van der Waals surface area contributed by atoms with E-state index < -0.39 is 5.97 Å². The van der Waals surface area contributed by atoms with E-state index >= 15 is 0 Å². The first-order valence-corrected chi connectivity index (χ1v) is 9.13. The van der Waals surface area contributed by atoms with Crippen molar-refractivity contribution in [2.45, 2.75) is 0 Å². The van der Waals surface area contributed by atoms with Gasteiger partial charge in [-0.15, -0.1) is 0 Å². The summed E-state index contributed by atoms with van der Waals surface area (Å²) in [7, 11) is 4.95. The lowest BCUT2D eigenvalue weighted by molar-refractivity contribution is 0.0600. The van der Waals surface area contributed by atoms with Crippen molar-refractivity contribution in [1.82, 2.24) is 4.90 Å². The first-order valence-electron chi connectivity index (χ1n) is 9.13. The van der Waals surface area contributed by atoms with E-state index in [2.05, 4.69) is 22.2 Å². The Kier molecular flexibility index (Phi) is 6.16. The number of methoxy groups -OCH3 is 2. The zero-order valence-corrected chi connectivity index (χ0v) is 16.4. The fourth-order valence-electron chi connectivity index (χ4n) is 3.23. The number of amides is 1. The van der Waals surface area contributed by atoms with Crippen molar-refractivity contribution in [2.75, 3.05) is 57.7 Å². The zero-order valence-electron chi connectivity index (χ0n) is 16.4. The van der Waals surface area contributed by atoms with Crippen molar-refractivity contribution >= 4 is 23.3 Å². The molecule has 0 radical (unpaired) electrons. The van der Waals surface area contributed by atoms with Gasteiger partial charge in [0.05, 0.1) is 36.7 Å². The number of esters is 1. The van der Waals surface area contributed by atoms with E-state index in [0.717, 1.165) is 31.9 Å². The Labute approximate surface area is 164 Å². The van der Waals surface area contributed by atoms with Gasteiger partial charge >= 0.3 is 5.97 Å². The quantitative estimate of drug-likeness (QED) is 0.800. The number of likely N-dealkylation sites (N-methyl/N-ethyl adjacent to an activating group) is 1. The topological polar surface area (TPSA) is 71.1 Å². The average molecular weight is 383 g/mol. The van der Waals surface area contributed by atoms with Crippen LogP contribution in [0.5, 0.6) is 5.75 Å². The van der Waals surface area contributed by atoms with Crippen LogP contribution in [-0.2, 0) is 4.74 Å². The molecule has 148 valence electrons. The minimum atomic E-state index is -0.447. The lowest BCUT2D eigenvalue weighted by atomic mass is 10.1. The Morgan fingerprint density at radius 1 is 1.00 bits per heavy atom. The van der Waals surface area contributed by atoms with Crippen LogP contribution in [0.4, 0.5) is 11.4 Å². The molecule has 0 saturated carbocycles. The van der Waals surface area contributed by atoms with Gasteiger partial charge in [0.15, 0.2) is 0 Å². The third-order valence-electron chi connectivity index (χ3n) is 4.86. The molecule has 2 aromatic carbocycles. The number of rotatable bonds is 5. The predicted octanol–water partition coefficient (Wildman–Crippen LogP) is 2.49. The van der Waals surface area contributed by atoms with Crippen molar-refractivity contribution in [1.29, 1.82) is 0 Å². The van der Waals surface area contributed by atoms with Gasteiger partial charge in [0.2, 0.25) is 0 Å². The third kappa shape index (κ3) is 4.26. The SMILES string of the molecule is COC(=O)c1ccc(N2CCN(C)CC2)c(NC(=O)c2ccccc2OC)c1. The maximum absolute atomic E-state index is 12.9. The van der Waals surface area contributed by atoms with Crippen LogP contribution in [0, 0.1) is 0 Å². The maximum Gasteiger partial charge on any atom is 0.337 e. The van der Waals surface area contributed by atoms with Crippen LogP contribution >= 0.6 is 0 Å². The number of nitrogens with one attached hydrogen (secondary N) is 1. The van der Waals surface area contributed by atoms with Crippen LogP contribution < -0.4 is 15.0 Å². The van der Waals surface area contributed by atoms with Crippen molar-refractivity contribution in [3.63, 3.8) is 0 Å². The van der Waals surface area contributed by atoms with Gasteiger partial charge in [-0.05, 0) is 37.4 Å². The molecule has 7 heteroatoms. The summed E-state index contributed by atoms with van der Waals surface area (Å²) in [5.41, 5.74) is 2.26. The number of anilines is 2. The molecule has 0 bridgehead atoms. The first-order chi connectivity index (χ1) is 13.5. The summed E-state index contributed by atoms with van der Waals surface area (Å²) >= 11 is 0. The van der Waals surface area contributed by atoms with E-state index in [1.807, 2.05) is 12.1 Å². The highest BCUT2D eigenvalue weighted by Crippen LogP contribution is 2.30. The molecule has 1 heterocycles. The van der Waals surface area contributed by atoms with Gasteiger partial charge in [0.1, 0.15) is 5.75 Å². The number of piperazine rings is 1. The second-order valence-corrected chi connectivity index (χ2v) is 6.67. The minimum absolute atomic E-state index is 0.296. The van der Waals surface area contributed by atoms with Crippen LogP contribution in [-0.4, -0.2) is 64.2 Å². The summed E-state index contributed by atoms with van der Waals surface area (Å²) in [6.07, 6.45) is 0. The van der Waals surface area contributed by atoms with Gasteiger partial charge in [-0.1, -0.05) is 12.1 Å². The summed E-state index contributed by atoms with van der Waals surface area (Å²) < 4.78 is 10.1. The Bertz CT molecular complexity index is 860. The van der Waals surface area contributed by atoms with Gasteiger partial charge in [0, 0.05) is 26.2 Å². The monoisotopic (exact) mass is 383 g/mol. The molecule has 1 amide bonds. The highest BCUT2D eigenvalue weighted by atomic mass is 16.5. The van der Waals surface area contributed by atoms with Crippen LogP contribution in [0.2, 0.25) is 0 Å². The van der Waals surface area contributed by atoms with E-state index in [-0.39, 0.29) is 5.91 Å². The largest absolute Gasteiger partial charge is 0.496 e. The molecular weight excluding hydrogens is 358 g/mol. The molecule has 0 aliphatic carbocycles. The van der Waals surface area contributed by atoms with E-state index in [0.29, 0.717) is 22.6 Å². The van der Waals surface area contributed by atoms with Gasteiger partial charge in [-0.3, -0.25) is 4.79 Å². The number of carbonyl (C=O) groups is 2. The minimum Gasteiger partial charge on any atom is -0.496 e. The van der Waals surface area contributed by atoms with E-state index in [4.69, 9.17) is 9.47 Å². The summed E-state index contributed by atoms with van der Waals surface area (Å²) in [6, 6.07) is 12.3. The molecule has 1 aliphatic heterocycles. The number of benzene rings is 2. The molecule has 0 atom stereocenters. The van der Waals surface area contributed by atoms with E-state index in [1.54, 1.807) is 30.3 Å². The zero-order chi connectivity index (χ0) is 20.1. The van der Waals surface area contributed by atoms with Crippen LogP contribution in [0.1, 0.15) is 20.7 Å². The van der Waals surface area contributed by atoms with Gasteiger partial charge in [-0.25, -0.2) is 4.79 Å². The number of para-hydroxylation sites is 1.